The molecule has 0 aliphatic heterocycles. The number of carbonyl (C=O) groups excluding carboxylic acids is 2. The van der Waals surface area contributed by atoms with Crippen LogP contribution in [0.5, 0.6) is 5.75 Å². The van der Waals surface area contributed by atoms with Crippen LogP contribution in [-0.4, -0.2) is 62.3 Å². The van der Waals surface area contributed by atoms with E-state index in [1.807, 2.05) is 78.8 Å². The Labute approximate surface area is 251 Å². The number of carbonyl (C=O) groups is 2. The summed E-state index contributed by atoms with van der Waals surface area (Å²) in [5, 5.41) is 15.3. The lowest BCUT2D eigenvalue weighted by Gasteiger charge is -2.19. The summed E-state index contributed by atoms with van der Waals surface area (Å²) in [6, 6.07) is 11.7. The molecule has 2 N–H and O–H groups in total. The summed E-state index contributed by atoms with van der Waals surface area (Å²) in [6.45, 7) is 8.54. The number of nitrogens with zero attached hydrogens (tertiary/aromatic N) is 5. The topological polar surface area (TPSA) is 134 Å². The normalized spacial score (nSPS) is 12.1. The van der Waals surface area contributed by atoms with Gasteiger partial charge in [0, 0.05) is 36.5 Å². The summed E-state index contributed by atoms with van der Waals surface area (Å²) >= 11 is 0. The molecular weight excluding hydrogens is 550 g/mol. The molecule has 1 aromatic carbocycles. The maximum Gasteiger partial charge on any atom is 0.407 e. The number of aromatic nitrogens is 5. The molecule has 0 saturated carbocycles. The summed E-state index contributed by atoms with van der Waals surface area (Å²) in [6.07, 6.45) is 8.93. The first-order chi connectivity index (χ1) is 20.6. The first-order valence-electron chi connectivity index (χ1n) is 14.5. The van der Waals surface area contributed by atoms with E-state index >= 15 is 0 Å². The van der Waals surface area contributed by atoms with Crippen molar-refractivity contribution in [3.8, 4) is 17.0 Å². The number of hydrogen-bond acceptors (Lipinski definition) is 9. The second-order valence-electron chi connectivity index (χ2n) is 11.3. The lowest BCUT2D eigenvalue weighted by atomic mass is 10.1. The van der Waals surface area contributed by atoms with Crippen LogP contribution in [0.25, 0.3) is 16.8 Å². The summed E-state index contributed by atoms with van der Waals surface area (Å²) < 4.78 is 19.5. The van der Waals surface area contributed by atoms with Crippen molar-refractivity contribution < 1.29 is 23.8 Å². The van der Waals surface area contributed by atoms with Crippen LogP contribution in [0.1, 0.15) is 65.8 Å². The van der Waals surface area contributed by atoms with E-state index in [-0.39, 0.29) is 12.0 Å². The van der Waals surface area contributed by atoms with Crippen molar-refractivity contribution in [2.45, 2.75) is 71.4 Å². The van der Waals surface area contributed by atoms with Gasteiger partial charge >= 0.3 is 12.1 Å². The lowest BCUT2D eigenvalue weighted by molar-refractivity contribution is -0.140. The fourth-order valence-electron chi connectivity index (χ4n) is 4.36. The van der Waals surface area contributed by atoms with Gasteiger partial charge in [-0.1, -0.05) is 6.42 Å². The predicted octanol–water partition coefficient (Wildman–Crippen LogP) is 5.92. The van der Waals surface area contributed by atoms with Crippen LogP contribution in [0.2, 0.25) is 0 Å². The Hall–Kier alpha value is -4.61. The molecule has 230 valence electrons. The number of benzene rings is 1. The first kappa shape index (κ1) is 31.3. The van der Waals surface area contributed by atoms with Crippen LogP contribution in [0, 0.1) is 0 Å². The van der Waals surface area contributed by atoms with E-state index in [0.717, 1.165) is 47.5 Å². The van der Waals surface area contributed by atoms with Crippen molar-refractivity contribution in [2.75, 3.05) is 25.6 Å². The third-order valence-corrected chi connectivity index (χ3v) is 6.60. The Bertz CT molecular complexity index is 1490. The van der Waals surface area contributed by atoms with Gasteiger partial charge < -0.3 is 24.8 Å². The number of hydrogen-bond donors (Lipinski definition) is 2. The highest BCUT2D eigenvalue weighted by atomic mass is 16.6. The maximum absolute atomic E-state index is 11.7. The molecular formula is C31H41N7O5. The standard InChI is InChI=1S/C31H41N7O5/c1-22(9-6-7-10-28(39)41-5)37-21-23(19-34-37)27-16-13-25-20-33-29(36-38(25)27)35-24-11-14-26(15-12-24)42-18-8-17-32-30(40)43-31(2,3)4/h11-16,19-22H,6-10,17-18H2,1-5H3,(H,32,40)(H,35,36). The third kappa shape index (κ3) is 9.45. The van der Waals surface area contributed by atoms with Crippen LogP contribution in [0.4, 0.5) is 16.4 Å². The minimum atomic E-state index is -0.518. The van der Waals surface area contributed by atoms with Crippen LogP contribution >= 0.6 is 0 Å². The minimum absolute atomic E-state index is 0.172. The largest absolute Gasteiger partial charge is 0.494 e. The molecule has 1 unspecified atom stereocenters. The molecule has 4 aromatic rings. The van der Waals surface area contributed by atoms with E-state index in [4.69, 9.17) is 19.3 Å². The average molecular weight is 592 g/mol. The number of nitrogens with one attached hydrogen (secondary N) is 2. The van der Waals surface area contributed by atoms with Gasteiger partial charge in [0.25, 0.3) is 0 Å². The quantitative estimate of drug-likeness (QED) is 0.135. The Balaban J connectivity index is 1.29. The first-order valence-corrected chi connectivity index (χ1v) is 14.5. The molecule has 0 aliphatic rings. The monoisotopic (exact) mass is 591 g/mol. The number of ether oxygens (including phenoxy) is 3. The van der Waals surface area contributed by atoms with Gasteiger partial charge in [0.2, 0.25) is 5.95 Å². The molecule has 43 heavy (non-hydrogen) atoms. The highest BCUT2D eigenvalue weighted by molar-refractivity contribution is 5.69. The molecule has 0 radical (unpaired) electrons. The summed E-state index contributed by atoms with van der Waals surface area (Å²) in [4.78, 5) is 27.5. The number of anilines is 2. The van der Waals surface area contributed by atoms with Gasteiger partial charge in [-0.05, 0) is 83.4 Å². The molecule has 0 bridgehead atoms. The van der Waals surface area contributed by atoms with Crippen molar-refractivity contribution in [3.05, 3.63) is 55.0 Å². The van der Waals surface area contributed by atoms with Gasteiger partial charge in [0.15, 0.2) is 0 Å². The van der Waals surface area contributed by atoms with Crippen LogP contribution < -0.4 is 15.4 Å². The number of unbranched alkanes of at least 4 members (excludes halogenated alkanes) is 1. The van der Waals surface area contributed by atoms with Crippen molar-refractivity contribution in [1.29, 1.82) is 0 Å². The molecule has 12 heteroatoms. The fourth-order valence-corrected chi connectivity index (χ4v) is 4.36. The van der Waals surface area contributed by atoms with E-state index in [9.17, 15) is 9.59 Å². The Morgan fingerprint density at radius 3 is 2.56 bits per heavy atom. The zero-order valence-electron chi connectivity index (χ0n) is 25.5. The van der Waals surface area contributed by atoms with E-state index in [1.165, 1.54) is 7.11 Å². The summed E-state index contributed by atoms with van der Waals surface area (Å²) in [7, 11) is 1.42. The second-order valence-corrected chi connectivity index (χ2v) is 11.3. The summed E-state index contributed by atoms with van der Waals surface area (Å²) in [5.74, 6) is 1.01. The number of amides is 1. The number of fused-ring (bicyclic) bond motifs is 1. The van der Waals surface area contributed by atoms with Gasteiger partial charge in [-0.25, -0.2) is 14.3 Å². The molecule has 12 nitrogen and oxygen atoms in total. The Morgan fingerprint density at radius 1 is 1.02 bits per heavy atom. The second kappa shape index (κ2) is 14.5. The van der Waals surface area contributed by atoms with Gasteiger partial charge in [0.05, 0.1) is 37.3 Å². The predicted molar refractivity (Wildman–Crippen MR) is 163 cm³/mol. The van der Waals surface area contributed by atoms with E-state index in [0.29, 0.717) is 31.9 Å². The lowest BCUT2D eigenvalue weighted by Crippen LogP contribution is -2.33. The highest BCUT2D eigenvalue weighted by Crippen LogP contribution is 2.25. The van der Waals surface area contributed by atoms with Crippen LogP contribution in [0.15, 0.2) is 55.0 Å². The smallest absolute Gasteiger partial charge is 0.407 e. The van der Waals surface area contributed by atoms with E-state index in [2.05, 4.69) is 27.6 Å². The molecule has 0 saturated heterocycles. The van der Waals surface area contributed by atoms with Gasteiger partial charge in [-0.3, -0.25) is 9.48 Å². The maximum atomic E-state index is 11.7. The molecule has 0 aliphatic carbocycles. The Kier molecular flexibility index (Phi) is 10.6. The molecule has 0 fully saturated rings. The number of methoxy groups -OCH3 is 1. The highest BCUT2D eigenvalue weighted by Gasteiger charge is 2.16. The van der Waals surface area contributed by atoms with Crippen LogP contribution in [0.3, 0.4) is 0 Å². The van der Waals surface area contributed by atoms with Gasteiger partial charge in [0.1, 0.15) is 11.4 Å². The zero-order chi connectivity index (χ0) is 30.8. The Morgan fingerprint density at radius 2 is 1.81 bits per heavy atom. The molecule has 0 spiro atoms. The minimum Gasteiger partial charge on any atom is -0.494 e. The third-order valence-electron chi connectivity index (χ3n) is 6.60. The van der Waals surface area contributed by atoms with Crippen molar-refractivity contribution >= 4 is 29.2 Å². The van der Waals surface area contributed by atoms with Crippen LogP contribution in [-0.2, 0) is 14.3 Å². The number of alkyl carbamates (subject to hydrolysis) is 1. The molecule has 4 rings (SSSR count). The van der Waals surface area contributed by atoms with Crippen molar-refractivity contribution in [1.82, 2.24) is 29.7 Å². The molecule has 1 atom stereocenters. The average Bonchev–Trinajstić information content (AvgIpc) is 3.62. The van der Waals surface area contributed by atoms with Crippen molar-refractivity contribution in [3.63, 3.8) is 0 Å². The van der Waals surface area contributed by atoms with Crippen molar-refractivity contribution in [2.24, 2.45) is 0 Å². The van der Waals surface area contributed by atoms with Gasteiger partial charge in [-0.2, -0.15) is 5.10 Å². The SMILES string of the molecule is COC(=O)CCCCC(C)n1cc(-c2ccc3cnc(Nc4ccc(OCCCNC(=O)OC(C)(C)C)cc4)nn23)cn1. The molecule has 3 aromatic heterocycles. The number of rotatable bonds is 14. The summed E-state index contributed by atoms with van der Waals surface area (Å²) in [5.41, 5.74) is 3.04. The van der Waals surface area contributed by atoms with E-state index < -0.39 is 11.7 Å². The van der Waals surface area contributed by atoms with Gasteiger partial charge in [-0.15, -0.1) is 5.10 Å². The van der Waals surface area contributed by atoms with E-state index in [1.54, 1.807) is 6.20 Å². The zero-order valence-corrected chi connectivity index (χ0v) is 25.5. The fraction of sp³-hybridized carbons (Fsp3) is 0.452. The number of esters is 1. The molecule has 3 heterocycles. The molecule has 1 amide bonds.